The summed E-state index contributed by atoms with van der Waals surface area (Å²) in [5.41, 5.74) is 9.54. The molecule has 1 aromatic carbocycles. The Bertz CT molecular complexity index is 647. The van der Waals surface area contributed by atoms with Crippen LogP contribution in [0.15, 0.2) is 24.3 Å². The van der Waals surface area contributed by atoms with E-state index in [0.717, 1.165) is 29.9 Å². The van der Waals surface area contributed by atoms with Gasteiger partial charge in [0.25, 0.3) is 0 Å². The topological polar surface area (TPSA) is 70.1 Å². The SMILES string of the molecule is CCc1cc(COC(=O)c2cc(C)ccc2N)n(CC)n1. The van der Waals surface area contributed by atoms with Crippen molar-refractivity contribution < 1.29 is 9.53 Å². The summed E-state index contributed by atoms with van der Waals surface area (Å²) >= 11 is 0. The van der Waals surface area contributed by atoms with Crippen LogP contribution in [0, 0.1) is 6.92 Å². The van der Waals surface area contributed by atoms with Gasteiger partial charge in [-0.3, -0.25) is 4.68 Å². The quantitative estimate of drug-likeness (QED) is 0.678. The number of ether oxygens (including phenoxy) is 1. The number of rotatable bonds is 5. The minimum absolute atomic E-state index is 0.201. The second-order valence-corrected chi connectivity index (χ2v) is 4.96. The summed E-state index contributed by atoms with van der Waals surface area (Å²) < 4.78 is 7.22. The molecular weight excluding hydrogens is 266 g/mol. The number of anilines is 1. The normalized spacial score (nSPS) is 10.6. The number of esters is 1. The third kappa shape index (κ3) is 3.42. The highest BCUT2D eigenvalue weighted by Crippen LogP contribution is 2.16. The van der Waals surface area contributed by atoms with E-state index >= 15 is 0 Å². The Balaban J connectivity index is 2.10. The number of carbonyl (C=O) groups excluding carboxylic acids is 1. The number of hydrogen-bond acceptors (Lipinski definition) is 4. The monoisotopic (exact) mass is 287 g/mol. The molecule has 0 atom stereocenters. The molecule has 5 nitrogen and oxygen atoms in total. The highest BCUT2D eigenvalue weighted by atomic mass is 16.5. The van der Waals surface area contributed by atoms with Gasteiger partial charge in [-0.15, -0.1) is 0 Å². The van der Waals surface area contributed by atoms with Crippen molar-refractivity contribution in [2.45, 2.75) is 40.3 Å². The Kier molecular flexibility index (Phi) is 4.62. The summed E-state index contributed by atoms with van der Waals surface area (Å²) in [7, 11) is 0. The van der Waals surface area contributed by atoms with Crippen molar-refractivity contribution >= 4 is 11.7 Å². The second kappa shape index (κ2) is 6.43. The molecular formula is C16H21N3O2. The van der Waals surface area contributed by atoms with E-state index in [4.69, 9.17) is 10.5 Å². The Morgan fingerprint density at radius 3 is 2.76 bits per heavy atom. The van der Waals surface area contributed by atoms with E-state index in [1.807, 2.05) is 37.6 Å². The van der Waals surface area contributed by atoms with E-state index in [1.54, 1.807) is 12.1 Å². The van der Waals surface area contributed by atoms with Crippen molar-refractivity contribution in [2.24, 2.45) is 0 Å². The molecule has 1 aromatic heterocycles. The summed E-state index contributed by atoms with van der Waals surface area (Å²) in [6.07, 6.45) is 0.860. The van der Waals surface area contributed by atoms with Crippen LogP contribution in [0.1, 0.15) is 41.2 Å². The van der Waals surface area contributed by atoms with Crippen molar-refractivity contribution in [1.82, 2.24) is 9.78 Å². The lowest BCUT2D eigenvalue weighted by Crippen LogP contribution is -2.11. The highest BCUT2D eigenvalue weighted by molar-refractivity contribution is 5.95. The zero-order valence-electron chi connectivity index (χ0n) is 12.7. The number of hydrogen-bond donors (Lipinski definition) is 1. The molecule has 0 aliphatic heterocycles. The predicted octanol–water partition coefficient (Wildman–Crippen LogP) is 2.71. The smallest absolute Gasteiger partial charge is 0.340 e. The third-order valence-electron chi connectivity index (χ3n) is 3.36. The van der Waals surface area contributed by atoms with Gasteiger partial charge in [0.05, 0.1) is 17.0 Å². The van der Waals surface area contributed by atoms with Crippen LogP contribution >= 0.6 is 0 Å². The molecule has 0 bridgehead atoms. The lowest BCUT2D eigenvalue weighted by molar-refractivity contribution is 0.0463. The lowest BCUT2D eigenvalue weighted by Gasteiger charge is -2.08. The fourth-order valence-electron chi connectivity index (χ4n) is 2.14. The number of aryl methyl sites for hydroxylation is 3. The van der Waals surface area contributed by atoms with Gasteiger partial charge >= 0.3 is 5.97 Å². The molecule has 2 N–H and O–H groups in total. The largest absolute Gasteiger partial charge is 0.456 e. The Morgan fingerprint density at radius 2 is 2.10 bits per heavy atom. The maximum atomic E-state index is 12.1. The van der Waals surface area contributed by atoms with Gasteiger partial charge in [-0.1, -0.05) is 18.6 Å². The van der Waals surface area contributed by atoms with Gasteiger partial charge in [0.15, 0.2) is 0 Å². The van der Waals surface area contributed by atoms with Crippen LogP contribution in [0.2, 0.25) is 0 Å². The maximum absolute atomic E-state index is 12.1. The van der Waals surface area contributed by atoms with Crippen LogP contribution in [-0.2, 0) is 24.3 Å². The van der Waals surface area contributed by atoms with Gasteiger partial charge in [-0.25, -0.2) is 4.79 Å². The van der Waals surface area contributed by atoms with Crippen molar-refractivity contribution in [3.63, 3.8) is 0 Å². The minimum Gasteiger partial charge on any atom is -0.456 e. The molecule has 0 aliphatic rings. The van der Waals surface area contributed by atoms with Gasteiger partial charge < -0.3 is 10.5 Å². The number of aromatic nitrogens is 2. The summed E-state index contributed by atoms with van der Waals surface area (Å²) in [5.74, 6) is -0.405. The molecule has 0 spiro atoms. The molecule has 0 radical (unpaired) electrons. The van der Waals surface area contributed by atoms with Crippen molar-refractivity contribution in [1.29, 1.82) is 0 Å². The minimum atomic E-state index is -0.405. The average molecular weight is 287 g/mol. The van der Waals surface area contributed by atoms with E-state index in [9.17, 15) is 4.79 Å². The molecule has 112 valence electrons. The molecule has 5 heteroatoms. The number of nitrogen functional groups attached to an aromatic ring is 1. The fraction of sp³-hybridized carbons (Fsp3) is 0.375. The van der Waals surface area contributed by atoms with Gasteiger partial charge in [-0.2, -0.15) is 5.10 Å². The summed E-state index contributed by atoms with van der Waals surface area (Å²) in [6, 6.07) is 7.30. The molecule has 21 heavy (non-hydrogen) atoms. The average Bonchev–Trinajstić information content (AvgIpc) is 2.89. The van der Waals surface area contributed by atoms with Crippen molar-refractivity contribution in [2.75, 3.05) is 5.73 Å². The summed E-state index contributed by atoms with van der Waals surface area (Å²) in [4.78, 5) is 12.1. The Morgan fingerprint density at radius 1 is 1.33 bits per heavy atom. The van der Waals surface area contributed by atoms with E-state index in [-0.39, 0.29) is 6.61 Å². The molecule has 0 aliphatic carbocycles. The highest BCUT2D eigenvalue weighted by Gasteiger charge is 2.13. The molecule has 0 saturated heterocycles. The zero-order chi connectivity index (χ0) is 15.4. The van der Waals surface area contributed by atoms with Crippen LogP contribution in [0.3, 0.4) is 0 Å². The van der Waals surface area contributed by atoms with E-state index in [1.165, 1.54) is 0 Å². The molecule has 0 amide bonds. The predicted molar refractivity (Wildman–Crippen MR) is 82.0 cm³/mol. The van der Waals surface area contributed by atoms with E-state index < -0.39 is 5.97 Å². The first-order valence-corrected chi connectivity index (χ1v) is 7.14. The number of nitrogens with zero attached hydrogens (tertiary/aromatic N) is 2. The van der Waals surface area contributed by atoms with Gasteiger partial charge in [0.1, 0.15) is 6.61 Å². The van der Waals surface area contributed by atoms with Gasteiger partial charge in [0.2, 0.25) is 0 Å². The van der Waals surface area contributed by atoms with Crippen molar-refractivity contribution in [3.05, 3.63) is 46.8 Å². The van der Waals surface area contributed by atoms with Crippen LogP contribution in [0.4, 0.5) is 5.69 Å². The molecule has 0 fully saturated rings. The van der Waals surface area contributed by atoms with Crippen LogP contribution in [0.25, 0.3) is 0 Å². The molecule has 2 rings (SSSR count). The van der Waals surface area contributed by atoms with Gasteiger partial charge in [-0.05, 0) is 38.5 Å². The molecule has 0 unspecified atom stereocenters. The Hall–Kier alpha value is -2.30. The number of benzene rings is 1. The van der Waals surface area contributed by atoms with Crippen LogP contribution < -0.4 is 5.73 Å². The summed E-state index contributed by atoms with van der Waals surface area (Å²) in [6.45, 7) is 6.92. The van der Waals surface area contributed by atoms with Crippen molar-refractivity contribution in [3.8, 4) is 0 Å². The van der Waals surface area contributed by atoms with E-state index in [0.29, 0.717) is 11.3 Å². The van der Waals surface area contributed by atoms with Crippen LogP contribution in [-0.4, -0.2) is 15.7 Å². The third-order valence-corrected chi connectivity index (χ3v) is 3.36. The Labute approximate surface area is 124 Å². The van der Waals surface area contributed by atoms with Gasteiger partial charge in [0, 0.05) is 12.2 Å². The number of nitrogens with two attached hydrogens (primary N) is 1. The van der Waals surface area contributed by atoms with E-state index in [2.05, 4.69) is 5.10 Å². The first-order chi connectivity index (χ1) is 10.0. The standard InChI is InChI=1S/C16H21N3O2/c1-4-12-9-13(19(5-2)18-12)10-21-16(20)14-8-11(3)6-7-15(14)17/h6-9H,4-5,10,17H2,1-3H3. The maximum Gasteiger partial charge on any atom is 0.340 e. The second-order valence-electron chi connectivity index (χ2n) is 4.96. The molecule has 2 aromatic rings. The summed E-state index contributed by atoms with van der Waals surface area (Å²) in [5, 5.41) is 4.43. The first-order valence-electron chi connectivity index (χ1n) is 7.14. The first kappa shape index (κ1) is 15.1. The zero-order valence-corrected chi connectivity index (χ0v) is 12.7. The fourth-order valence-corrected chi connectivity index (χ4v) is 2.14. The number of carbonyl (C=O) groups is 1. The molecule has 0 saturated carbocycles. The van der Waals surface area contributed by atoms with Crippen LogP contribution in [0.5, 0.6) is 0 Å². The molecule has 1 heterocycles. The lowest BCUT2D eigenvalue weighted by atomic mass is 10.1.